The van der Waals surface area contributed by atoms with Gasteiger partial charge in [0.25, 0.3) is 5.91 Å². The van der Waals surface area contributed by atoms with Crippen molar-refractivity contribution in [2.24, 2.45) is 0 Å². The van der Waals surface area contributed by atoms with Crippen molar-refractivity contribution in [1.82, 2.24) is 0 Å². The van der Waals surface area contributed by atoms with Gasteiger partial charge in [0.05, 0.1) is 11.3 Å². The summed E-state index contributed by atoms with van der Waals surface area (Å²) in [5, 5.41) is 2.42. The molecule has 3 nitrogen and oxygen atoms in total. The first-order valence-corrected chi connectivity index (χ1v) is 7.95. The molecule has 0 saturated heterocycles. The van der Waals surface area contributed by atoms with Gasteiger partial charge in [-0.1, -0.05) is 18.2 Å². The first kappa shape index (κ1) is 16.2. The molecule has 0 unspecified atom stereocenters. The lowest BCUT2D eigenvalue weighted by Gasteiger charge is -2.11. The van der Waals surface area contributed by atoms with Gasteiger partial charge in [-0.25, -0.2) is 13.2 Å². The number of hydrogen-bond donors (Lipinski definition) is 1. The van der Waals surface area contributed by atoms with E-state index in [9.17, 15) is 22.2 Å². The van der Waals surface area contributed by atoms with E-state index in [1.165, 1.54) is 6.26 Å². The van der Waals surface area contributed by atoms with Crippen molar-refractivity contribution in [2.45, 2.75) is 5.75 Å². The van der Waals surface area contributed by atoms with Crippen LogP contribution in [0.15, 0.2) is 36.4 Å². The molecular formula is C15H12F3NO2S. The molecule has 22 heavy (non-hydrogen) atoms. The van der Waals surface area contributed by atoms with Crippen LogP contribution in [-0.4, -0.2) is 16.4 Å². The number of amides is 1. The summed E-state index contributed by atoms with van der Waals surface area (Å²) in [6.45, 7) is 0. The van der Waals surface area contributed by atoms with Crippen LogP contribution in [-0.2, 0) is 16.6 Å². The molecule has 0 bridgehead atoms. The summed E-state index contributed by atoms with van der Waals surface area (Å²) < 4.78 is 50.9. The Morgan fingerprint density at radius 3 is 2.41 bits per heavy atom. The summed E-state index contributed by atoms with van der Waals surface area (Å²) in [6, 6.07) is 7.38. The molecule has 1 atom stereocenters. The number of carbonyl (C=O) groups is 1. The van der Waals surface area contributed by atoms with Crippen molar-refractivity contribution in [3.63, 3.8) is 0 Å². The molecule has 0 spiro atoms. The number of halogens is 3. The van der Waals surface area contributed by atoms with Crippen molar-refractivity contribution in [3.8, 4) is 0 Å². The van der Waals surface area contributed by atoms with E-state index in [0.29, 0.717) is 23.4 Å². The second-order valence-corrected chi connectivity index (χ2v) is 6.01. The van der Waals surface area contributed by atoms with E-state index in [4.69, 9.17) is 0 Å². The lowest BCUT2D eigenvalue weighted by molar-refractivity contribution is 0.102. The Morgan fingerprint density at radius 1 is 1.09 bits per heavy atom. The smallest absolute Gasteiger partial charge is 0.258 e. The van der Waals surface area contributed by atoms with Crippen LogP contribution in [0.2, 0.25) is 0 Å². The number of hydrogen-bond acceptors (Lipinski definition) is 2. The molecule has 1 amide bonds. The van der Waals surface area contributed by atoms with E-state index in [1.54, 1.807) is 24.3 Å². The molecule has 0 radical (unpaired) electrons. The van der Waals surface area contributed by atoms with E-state index in [-0.39, 0.29) is 5.75 Å². The Bertz CT molecular complexity index is 750. The quantitative estimate of drug-likeness (QED) is 0.877. The van der Waals surface area contributed by atoms with Crippen LogP contribution in [0, 0.1) is 17.5 Å². The highest BCUT2D eigenvalue weighted by Crippen LogP contribution is 2.20. The molecule has 0 fully saturated rings. The van der Waals surface area contributed by atoms with Gasteiger partial charge in [0.15, 0.2) is 11.6 Å². The summed E-state index contributed by atoms with van der Waals surface area (Å²) >= 11 is 0. The van der Waals surface area contributed by atoms with Crippen molar-refractivity contribution in [3.05, 3.63) is 65.0 Å². The maximum absolute atomic E-state index is 13.6. The lowest BCUT2D eigenvalue weighted by atomic mass is 10.1. The fourth-order valence-electron chi connectivity index (χ4n) is 1.87. The lowest BCUT2D eigenvalue weighted by Crippen LogP contribution is -2.16. The van der Waals surface area contributed by atoms with Crippen LogP contribution in [0.1, 0.15) is 15.9 Å². The molecule has 7 heteroatoms. The summed E-state index contributed by atoms with van der Waals surface area (Å²) in [7, 11) is -1.13. The fourth-order valence-corrected chi connectivity index (χ4v) is 2.56. The Balaban J connectivity index is 2.30. The predicted molar refractivity (Wildman–Crippen MR) is 78.5 cm³/mol. The maximum Gasteiger partial charge on any atom is 0.258 e. The highest BCUT2D eigenvalue weighted by Gasteiger charge is 2.17. The number of anilines is 1. The van der Waals surface area contributed by atoms with Crippen molar-refractivity contribution < 1.29 is 22.2 Å². The highest BCUT2D eigenvalue weighted by atomic mass is 32.2. The second-order valence-electron chi connectivity index (χ2n) is 4.57. The van der Waals surface area contributed by atoms with E-state index in [2.05, 4.69) is 5.32 Å². The number of carbonyl (C=O) groups excluding carboxylic acids is 1. The molecule has 0 saturated carbocycles. The first-order chi connectivity index (χ1) is 10.4. The van der Waals surface area contributed by atoms with Gasteiger partial charge in [-0.15, -0.1) is 0 Å². The maximum atomic E-state index is 13.6. The molecule has 116 valence electrons. The van der Waals surface area contributed by atoms with E-state index < -0.39 is 39.7 Å². The number of rotatable bonds is 4. The minimum atomic E-state index is -1.36. The molecule has 2 aromatic rings. The van der Waals surface area contributed by atoms with Crippen molar-refractivity contribution in [2.75, 3.05) is 11.6 Å². The molecule has 1 N–H and O–H groups in total. The molecule has 0 heterocycles. The zero-order chi connectivity index (χ0) is 16.3. The first-order valence-electron chi connectivity index (χ1n) is 6.22. The van der Waals surface area contributed by atoms with Gasteiger partial charge in [-0.2, -0.15) is 0 Å². The molecule has 2 aromatic carbocycles. The minimum Gasteiger partial charge on any atom is -0.322 e. The van der Waals surface area contributed by atoms with Crippen LogP contribution < -0.4 is 5.32 Å². The predicted octanol–water partition coefficient (Wildman–Crippen LogP) is 3.23. The number of nitrogens with one attached hydrogen (secondary N) is 1. The van der Waals surface area contributed by atoms with Crippen LogP contribution in [0.4, 0.5) is 18.9 Å². The van der Waals surface area contributed by atoms with Gasteiger partial charge in [0, 0.05) is 28.8 Å². The van der Waals surface area contributed by atoms with Gasteiger partial charge in [0.2, 0.25) is 0 Å². The van der Waals surface area contributed by atoms with Crippen LogP contribution in [0.25, 0.3) is 0 Å². The van der Waals surface area contributed by atoms with E-state index in [0.717, 1.165) is 0 Å². The Morgan fingerprint density at radius 2 is 1.73 bits per heavy atom. The van der Waals surface area contributed by atoms with Crippen molar-refractivity contribution in [1.29, 1.82) is 0 Å². The Kier molecular flexibility index (Phi) is 4.97. The largest absolute Gasteiger partial charge is 0.322 e. The summed E-state index contributed by atoms with van der Waals surface area (Å²) in [5.74, 6) is -4.54. The highest BCUT2D eigenvalue weighted by molar-refractivity contribution is 7.83. The van der Waals surface area contributed by atoms with E-state index >= 15 is 0 Å². The standard InChI is InChI=1S/C15H12F3NO2S/c1-22(21)8-9-4-2-3-5-14(9)19-15(20)10-6-12(17)13(18)7-11(10)16/h2-7H,8H2,1H3,(H,19,20)/t22-/m1/s1. The molecule has 2 rings (SSSR count). The third kappa shape index (κ3) is 3.73. The molecule has 0 aliphatic heterocycles. The zero-order valence-corrected chi connectivity index (χ0v) is 12.3. The monoisotopic (exact) mass is 327 g/mol. The minimum absolute atomic E-state index is 0.205. The Labute approximate surface area is 127 Å². The summed E-state index contributed by atoms with van der Waals surface area (Å²) in [5.41, 5.74) is 0.331. The fraction of sp³-hybridized carbons (Fsp3) is 0.133. The summed E-state index contributed by atoms with van der Waals surface area (Å²) in [4.78, 5) is 12.0. The van der Waals surface area contributed by atoms with E-state index in [1.807, 2.05) is 0 Å². The number of para-hydroxylation sites is 1. The summed E-state index contributed by atoms with van der Waals surface area (Å²) in [6.07, 6.45) is 1.51. The van der Waals surface area contributed by atoms with Crippen LogP contribution in [0.5, 0.6) is 0 Å². The average molecular weight is 327 g/mol. The van der Waals surface area contributed by atoms with Crippen LogP contribution in [0.3, 0.4) is 0 Å². The van der Waals surface area contributed by atoms with Gasteiger partial charge < -0.3 is 5.32 Å². The SMILES string of the molecule is C[S@@](=O)Cc1ccccc1NC(=O)c1cc(F)c(F)cc1F. The van der Waals surface area contributed by atoms with Gasteiger partial charge >= 0.3 is 0 Å². The zero-order valence-electron chi connectivity index (χ0n) is 11.5. The molecule has 0 aromatic heterocycles. The molecular weight excluding hydrogens is 315 g/mol. The van der Waals surface area contributed by atoms with Crippen LogP contribution >= 0.6 is 0 Å². The third-order valence-electron chi connectivity index (χ3n) is 2.88. The average Bonchev–Trinajstić information content (AvgIpc) is 2.44. The molecule has 0 aliphatic rings. The normalized spacial score (nSPS) is 12.0. The van der Waals surface area contributed by atoms with Gasteiger partial charge in [-0.05, 0) is 17.7 Å². The van der Waals surface area contributed by atoms with Gasteiger partial charge in [-0.3, -0.25) is 9.00 Å². The third-order valence-corrected chi connectivity index (χ3v) is 3.60. The van der Waals surface area contributed by atoms with Crippen molar-refractivity contribution >= 4 is 22.4 Å². The number of benzene rings is 2. The topological polar surface area (TPSA) is 46.2 Å². The van der Waals surface area contributed by atoms with Gasteiger partial charge in [0.1, 0.15) is 5.82 Å². The molecule has 0 aliphatic carbocycles. The Hall–Kier alpha value is -2.15. The second kappa shape index (κ2) is 6.74.